The fourth-order valence-corrected chi connectivity index (χ4v) is 4.72. The summed E-state index contributed by atoms with van der Waals surface area (Å²) in [6.07, 6.45) is 2.33. The Kier molecular flexibility index (Phi) is 4.45. The van der Waals surface area contributed by atoms with Gasteiger partial charge in [-0.3, -0.25) is 0 Å². The van der Waals surface area contributed by atoms with Crippen LogP contribution in [0.3, 0.4) is 0 Å². The van der Waals surface area contributed by atoms with Crippen LogP contribution in [0.25, 0.3) is 0 Å². The Labute approximate surface area is 142 Å². The first-order valence-electron chi connectivity index (χ1n) is 7.95. The number of benzene rings is 1. The lowest BCUT2D eigenvalue weighted by molar-refractivity contribution is 0.600. The van der Waals surface area contributed by atoms with Crippen molar-refractivity contribution >= 4 is 27.3 Å². The van der Waals surface area contributed by atoms with Gasteiger partial charge in [-0.2, -0.15) is 4.98 Å². The molecule has 6 nitrogen and oxygen atoms in total. The largest absolute Gasteiger partial charge is 0.355 e. The molecule has 7 heteroatoms. The molecule has 0 amide bonds. The van der Waals surface area contributed by atoms with Gasteiger partial charge in [0.15, 0.2) is 9.84 Å². The van der Waals surface area contributed by atoms with Gasteiger partial charge in [0, 0.05) is 25.0 Å². The molecule has 1 unspecified atom stereocenters. The van der Waals surface area contributed by atoms with E-state index in [1.807, 2.05) is 31.0 Å². The molecule has 1 aliphatic rings. The van der Waals surface area contributed by atoms with Crippen molar-refractivity contribution in [2.75, 3.05) is 28.8 Å². The molecule has 1 fully saturated rings. The molecule has 2 aromatic rings. The summed E-state index contributed by atoms with van der Waals surface area (Å²) in [6.45, 7) is 4.09. The van der Waals surface area contributed by atoms with Gasteiger partial charge in [0.25, 0.3) is 0 Å². The zero-order valence-electron chi connectivity index (χ0n) is 14.2. The van der Waals surface area contributed by atoms with E-state index in [2.05, 4.69) is 28.3 Å². The van der Waals surface area contributed by atoms with Crippen LogP contribution in [0.1, 0.15) is 17.5 Å². The zero-order valence-corrected chi connectivity index (χ0v) is 15.0. The molecule has 0 radical (unpaired) electrons. The van der Waals surface area contributed by atoms with E-state index < -0.39 is 9.84 Å². The number of nitrogens with zero attached hydrogens (tertiary/aromatic N) is 3. The van der Waals surface area contributed by atoms with E-state index in [9.17, 15) is 8.42 Å². The Morgan fingerprint density at radius 3 is 2.71 bits per heavy atom. The van der Waals surface area contributed by atoms with Crippen LogP contribution in [0.5, 0.6) is 0 Å². The van der Waals surface area contributed by atoms with Gasteiger partial charge in [0.2, 0.25) is 5.95 Å². The minimum Gasteiger partial charge on any atom is -0.355 e. The van der Waals surface area contributed by atoms with Crippen LogP contribution in [0.2, 0.25) is 0 Å². The molecule has 1 aromatic heterocycles. The number of hydrogen-bond acceptors (Lipinski definition) is 6. The van der Waals surface area contributed by atoms with Crippen molar-refractivity contribution in [3.05, 3.63) is 41.6 Å². The van der Waals surface area contributed by atoms with E-state index in [4.69, 9.17) is 0 Å². The smallest absolute Gasteiger partial charge is 0.229 e. The topological polar surface area (TPSA) is 75.2 Å². The molecule has 0 bridgehead atoms. The highest BCUT2D eigenvalue weighted by Gasteiger charge is 2.31. The highest BCUT2D eigenvalue weighted by molar-refractivity contribution is 7.91. The van der Waals surface area contributed by atoms with Gasteiger partial charge >= 0.3 is 0 Å². The first-order valence-corrected chi connectivity index (χ1v) is 9.77. The number of nitrogens with one attached hydrogen (secondary N) is 1. The lowest BCUT2D eigenvalue weighted by Crippen LogP contribution is -2.33. The van der Waals surface area contributed by atoms with Crippen LogP contribution in [0, 0.1) is 13.8 Å². The van der Waals surface area contributed by atoms with E-state index in [-0.39, 0.29) is 17.5 Å². The standard InChI is InChI=1S/C17H22N4O2S/c1-12-4-5-15(13(2)10-12)19-17-18-8-6-16(20-17)21(3)14-7-9-24(22,23)11-14/h4-6,8,10,14H,7,9,11H2,1-3H3,(H,18,19,20). The molecule has 1 atom stereocenters. The predicted molar refractivity (Wildman–Crippen MR) is 96.7 cm³/mol. The van der Waals surface area contributed by atoms with Crippen LogP contribution in [-0.4, -0.2) is 43.0 Å². The van der Waals surface area contributed by atoms with Crippen LogP contribution < -0.4 is 10.2 Å². The van der Waals surface area contributed by atoms with Crippen molar-refractivity contribution in [1.29, 1.82) is 0 Å². The van der Waals surface area contributed by atoms with E-state index in [1.54, 1.807) is 12.3 Å². The normalized spacial score (nSPS) is 19.2. The quantitative estimate of drug-likeness (QED) is 0.916. The molecule has 1 saturated heterocycles. The van der Waals surface area contributed by atoms with E-state index in [0.717, 1.165) is 17.1 Å². The lowest BCUT2D eigenvalue weighted by atomic mass is 10.1. The number of aryl methyl sites for hydroxylation is 2. The summed E-state index contributed by atoms with van der Waals surface area (Å²) in [4.78, 5) is 10.7. The average Bonchev–Trinajstić information content (AvgIpc) is 2.90. The molecule has 1 aliphatic heterocycles. The van der Waals surface area contributed by atoms with E-state index >= 15 is 0 Å². The Morgan fingerprint density at radius 1 is 1.25 bits per heavy atom. The summed E-state index contributed by atoms with van der Waals surface area (Å²) in [5.41, 5.74) is 3.29. The highest BCUT2D eigenvalue weighted by Crippen LogP contribution is 2.24. The molecule has 0 aliphatic carbocycles. The van der Waals surface area contributed by atoms with E-state index in [1.165, 1.54) is 5.56 Å². The second-order valence-corrected chi connectivity index (χ2v) is 8.58. The molecule has 3 rings (SSSR count). The molecule has 24 heavy (non-hydrogen) atoms. The van der Waals surface area contributed by atoms with Crippen molar-refractivity contribution in [2.45, 2.75) is 26.3 Å². The first-order chi connectivity index (χ1) is 11.3. The molecular formula is C17H22N4O2S. The Hall–Kier alpha value is -2.15. The average molecular weight is 346 g/mol. The molecular weight excluding hydrogens is 324 g/mol. The lowest BCUT2D eigenvalue weighted by Gasteiger charge is -2.24. The van der Waals surface area contributed by atoms with Crippen molar-refractivity contribution in [2.24, 2.45) is 0 Å². The van der Waals surface area contributed by atoms with Gasteiger partial charge in [-0.05, 0) is 38.0 Å². The Balaban J connectivity index is 1.79. The number of sulfone groups is 1. The zero-order chi connectivity index (χ0) is 17.3. The molecule has 1 N–H and O–H groups in total. The van der Waals surface area contributed by atoms with E-state index in [0.29, 0.717) is 12.4 Å². The van der Waals surface area contributed by atoms with Crippen molar-refractivity contribution in [1.82, 2.24) is 9.97 Å². The van der Waals surface area contributed by atoms with Gasteiger partial charge in [-0.25, -0.2) is 13.4 Å². The number of hydrogen-bond donors (Lipinski definition) is 1. The monoisotopic (exact) mass is 346 g/mol. The minimum absolute atomic E-state index is 0.0288. The summed E-state index contributed by atoms with van der Waals surface area (Å²) in [5, 5.41) is 3.23. The molecule has 0 spiro atoms. The Morgan fingerprint density at radius 2 is 2.04 bits per heavy atom. The molecule has 1 aromatic carbocycles. The third kappa shape index (κ3) is 3.67. The van der Waals surface area contributed by atoms with Crippen LogP contribution in [-0.2, 0) is 9.84 Å². The molecule has 2 heterocycles. The van der Waals surface area contributed by atoms with Gasteiger partial charge in [0.05, 0.1) is 11.5 Å². The fraction of sp³-hybridized carbons (Fsp3) is 0.412. The maximum atomic E-state index is 11.7. The number of anilines is 3. The minimum atomic E-state index is -2.92. The summed E-state index contributed by atoms with van der Waals surface area (Å²) in [7, 11) is -1.03. The Bertz CT molecular complexity index is 851. The van der Waals surface area contributed by atoms with Crippen molar-refractivity contribution in [3.8, 4) is 0 Å². The summed E-state index contributed by atoms with van der Waals surface area (Å²) >= 11 is 0. The first kappa shape index (κ1) is 16.7. The van der Waals surface area contributed by atoms with Gasteiger partial charge in [-0.1, -0.05) is 17.7 Å². The van der Waals surface area contributed by atoms with Crippen molar-refractivity contribution in [3.63, 3.8) is 0 Å². The number of aromatic nitrogens is 2. The second kappa shape index (κ2) is 6.39. The summed E-state index contributed by atoms with van der Waals surface area (Å²) in [5.74, 6) is 1.67. The maximum Gasteiger partial charge on any atom is 0.229 e. The molecule has 128 valence electrons. The predicted octanol–water partition coefficient (Wildman–Crippen LogP) is 2.46. The SMILES string of the molecule is Cc1ccc(Nc2nccc(N(C)C3CCS(=O)(=O)C3)n2)c(C)c1. The van der Waals surface area contributed by atoms with Gasteiger partial charge in [0.1, 0.15) is 5.82 Å². The summed E-state index contributed by atoms with van der Waals surface area (Å²) in [6, 6.07) is 7.92. The van der Waals surface area contributed by atoms with Gasteiger partial charge < -0.3 is 10.2 Å². The fourth-order valence-electron chi connectivity index (χ4n) is 2.95. The maximum absolute atomic E-state index is 11.7. The number of rotatable bonds is 4. The second-order valence-electron chi connectivity index (χ2n) is 6.35. The van der Waals surface area contributed by atoms with Gasteiger partial charge in [-0.15, -0.1) is 0 Å². The molecule has 0 saturated carbocycles. The summed E-state index contributed by atoms with van der Waals surface area (Å²) < 4.78 is 23.4. The third-order valence-electron chi connectivity index (χ3n) is 4.39. The third-order valence-corrected chi connectivity index (χ3v) is 6.14. The van der Waals surface area contributed by atoms with Crippen LogP contribution in [0.15, 0.2) is 30.5 Å². The van der Waals surface area contributed by atoms with Crippen LogP contribution >= 0.6 is 0 Å². The van der Waals surface area contributed by atoms with Crippen molar-refractivity contribution < 1.29 is 8.42 Å². The highest BCUT2D eigenvalue weighted by atomic mass is 32.2. The van der Waals surface area contributed by atoms with Crippen LogP contribution in [0.4, 0.5) is 17.5 Å².